The summed E-state index contributed by atoms with van der Waals surface area (Å²) in [6.45, 7) is 0. The Bertz CT molecular complexity index is 874. The third-order valence-corrected chi connectivity index (χ3v) is 4.24. The molecule has 96 valence electrons. The molecule has 0 aliphatic heterocycles. The number of fused-ring (bicyclic) bond motifs is 1. The number of hydrogen-bond acceptors (Lipinski definition) is 3. The highest BCUT2D eigenvalue weighted by Crippen LogP contribution is 2.22. The van der Waals surface area contributed by atoms with Crippen molar-refractivity contribution in [3.8, 4) is 5.69 Å². The van der Waals surface area contributed by atoms with Crippen LogP contribution >= 0.6 is 46.8 Å². The summed E-state index contributed by atoms with van der Waals surface area (Å²) in [5, 5.41) is 2.75. The van der Waals surface area contributed by atoms with Crippen LogP contribution in [0.3, 0.4) is 0 Å². The van der Waals surface area contributed by atoms with Crippen molar-refractivity contribution in [2.45, 2.75) is 0 Å². The van der Waals surface area contributed by atoms with E-state index in [1.54, 1.807) is 18.2 Å². The first-order valence-corrected chi connectivity index (χ1v) is 7.29. The minimum Gasteiger partial charge on any atom is -0.331 e. The van der Waals surface area contributed by atoms with Crippen LogP contribution in [-0.2, 0) is 0 Å². The number of halogens is 2. The van der Waals surface area contributed by atoms with Crippen molar-refractivity contribution in [1.82, 2.24) is 9.55 Å². The molecule has 0 aliphatic carbocycles. The topological polar surface area (TPSA) is 37.8 Å². The first kappa shape index (κ1) is 12.9. The average Bonchev–Trinajstić information content (AvgIpc) is 2.75. The Kier molecular flexibility index (Phi) is 3.22. The molecule has 0 aliphatic rings. The van der Waals surface area contributed by atoms with E-state index in [1.165, 1.54) is 15.9 Å². The molecule has 3 aromatic rings. The zero-order valence-corrected chi connectivity index (χ0v) is 12.5. The van der Waals surface area contributed by atoms with E-state index < -0.39 is 0 Å². The van der Waals surface area contributed by atoms with Crippen LogP contribution in [0.2, 0.25) is 10.0 Å². The Hall–Kier alpha value is -1.14. The minimum absolute atomic E-state index is 0.174. The van der Waals surface area contributed by atoms with Gasteiger partial charge in [0.15, 0.2) is 4.77 Å². The van der Waals surface area contributed by atoms with Crippen LogP contribution in [0.15, 0.2) is 34.4 Å². The monoisotopic (exact) mass is 328 g/mol. The van der Waals surface area contributed by atoms with Crippen molar-refractivity contribution in [3.63, 3.8) is 0 Å². The molecule has 19 heavy (non-hydrogen) atoms. The zero-order chi connectivity index (χ0) is 13.6. The lowest BCUT2D eigenvalue weighted by Gasteiger charge is -2.07. The van der Waals surface area contributed by atoms with Gasteiger partial charge in [0.25, 0.3) is 5.56 Å². The largest absolute Gasteiger partial charge is 0.331 e. The van der Waals surface area contributed by atoms with Gasteiger partial charge in [0.05, 0.1) is 11.2 Å². The molecule has 0 radical (unpaired) electrons. The molecule has 0 saturated heterocycles. The summed E-state index contributed by atoms with van der Waals surface area (Å²) in [5.41, 5.74) is 1.12. The predicted octanol–water partition coefficient (Wildman–Crippen LogP) is 4.42. The molecule has 0 spiro atoms. The number of rotatable bonds is 1. The number of benzene rings is 1. The van der Waals surface area contributed by atoms with Gasteiger partial charge in [-0.25, -0.2) is 0 Å². The van der Waals surface area contributed by atoms with Crippen LogP contribution in [0.25, 0.3) is 15.9 Å². The van der Waals surface area contributed by atoms with Crippen LogP contribution < -0.4 is 5.56 Å². The lowest BCUT2D eigenvalue weighted by Crippen LogP contribution is -2.19. The predicted molar refractivity (Wildman–Crippen MR) is 82.6 cm³/mol. The van der Waals surface area contributed by atoms with Crippen LogP contribution in [0.1, 0.15) is 0 Å². The highest BCUT2D eigenvalue weighted by atomic mass is 35.5. The van der Waals surface area contributed by atoms with Gasteiger partial charge in [-0.15, -0.1) is 11.3 Å². The Balaban J connectivity index is 2.42. The van der Waals surface area contributed by atoms with Crippen LogP contribution in [0.4, 0.5) is 0 Å². The molecule has 3 nitrogen and oxygen atoms in total. The number of thiophene rings is 1. The number of nitrogens with zero attached hydrogens (tertiary/aromatic N) is 1. The number of H-pyrrole nitrogens is 1. The Morgan fingerprint density at radius 2 is 1.89 bits per heavy atom. The average molecular weight is 329 g/mol. The van der Waals surface area contributed by atoms with Gasteiger partial charge < -0.3 is 4.98 Å². The molecule has 0 saturated carbocycles. The maximum Gasteiger partial charge on any atom is 0.276 e. The lowest BCUT2D eigenvalue weighted by atomic mass is 10.3. The maximum atomic E-state index is 12.4. The molecule has 0 unspecified atom stereocenters. The van der Waals surface area contributed by atoms with Crippen molar-refractivity contribution in [3.05, 3.63) is 54.8 Å². The van der Waals surface area contributed by atoms with Crippen molar-refractivity contribution in [2.24, 2.45) is 0 Å². The summed E-state index contributed by atoms with van der Waals surface area (Å²) >= 11 is 18.5. The number of hydrogen-bond donors (Lipinski definition) is 1. The second kappa shape index (κ2) is 4.76. The van der Waals surface area contributed by atoms with Gasteiger partial charge in [-0.3, -0.25) is 9.36 Å². The van der Waals surface area contributed by atoms with E-state index in [4.69, 9.17) is 35.4 Å². The van der Waals surface area contributed by atoms with Crippen LogP contribution in [0, 0.1) is 4.77 Å². The van der Waals surface area contributed by atoms with Gasteiger partial charge in [-0.05, 0) is 41.9 Å². The Morgan fingerprint density at radius 3 is 2.58 bits per heavy atom. The molecule has 0 amide bonds. The third kappa shape index (κ3) is 2.23. The number of nitrogens with one attached hydrogen (secondary N) is 1. The van der Waals surface area contributed by atoms with Crippen molar-refractivity contribution in [1.29, 1.82) is 0 Å². The van der Waals surface area contributed by atoms with Crippen LogP contribution in [-0.4, -0.2) is 9.55 Å². The molecule has 0 bridgehead atoms. The normalized spacial score (nSPS) is 11.1. The third-order valence-electron chi connectivity index (χ3n) is 2.61. The van der Waals surface area contributed by atoms with E-state index in [0.717, 1.165) is 5.52 Å². The second-order valence-electron chi connectivity index (χ2n) is 3.86. The zero-order valence-electron chi connectivity index (χ0n) is 9.31. The van der Waals surface area contributed by atoms with Gasteiger partial charge in [-0.2, -0.15) is 0 Å². The fourth-order valence-electron chi connectivity index (χ4n) is 1.84. The van der Waals surface area contributed by atoms with E-state index in [0.29, 0.717) is 25.2 Å². The smallest absolute Gasteiger partial charge is 0.276 e. The van der Waals surface area contributed by atoms with E-state index in [2.05, 4.69) is 4.98 Å². The Labute approximate surface area is 127 Å². The molecule has 2 heterocycles. The summed E-state index contributed by atoms with van der Waals surface area (Å²) in [6.07, 6.45) is 0. The van der Waals surface area contributed by atoms with E-state index in [-0.39, 0.29) is 5.56 Å². The van der Waals surface area contributed by atoms with Gasteiger partial charge in [0.1, 0.15) is 4.70 Å². The molecule has 2 aromatic heterocycles. The molecule has 0 atom stereocenters. The van der Waals surface area contributed by atoms with E-state index in [1.807, 2.05) is 11.4 Å². The highest BCUT2D eigenvalue weighted by Gasteiger charge is 2.09. The molecule has 3 rings (SSSR count). The highest BCUT2D eigenvalue weighted by molar-refractivity contribution is 7.71. The molecule has 0 fully saturated rings. The molecule has 7 heteroatoms. The van der Waals surface area contributed by atoms with Crippen molar-refractivity contribution >= 4 is 57.0 Å². The number of aromatic amines is 1. The van der Waals surface area contributed by atoms with Gasteiger partial charge >= 0.3 is 0 Å². The molecular weight excluding hydrogens is 323 g/mol. The van der Waals surface area contributed by atoms with Gasteiger partial charge in [0, 0.05) is 10.0 Å². The summed E-state index contributed by atoms with van der Waals surface area (Å²) < 4.78 is 2.32. The fourth-order valence-corrected chi connectivity index (χ4v) is 3.43. The summed E-state index contributed by atoms with van der Waals surface area (Å²) in [5.74, 6) is 0. The minimum atomic E-state index is -0.174. The van der Waals surface area contributed by atoms with Crippen molar-refractivity contribution < 1.29 is 0 Å². The summed E-state index contributed by atoms with van der Waals surface area (Å²) in [4.78, 5) is 15.5. The molecule has 1 N–H and O–H groups in total. The number of aromatic nitrogens is 2. The fraction of sp³-hybridized carbons (Fsp3) is 0. The summed E-state index contributed by atoms with van der Waals surface area (Å²) in [7, 11) is 0. The SMILES string of the molecule is O=c1c2sccc2[nH]c(=S)n1-c1cc(Cl)cc(Cl)c1. The standard InChI is InChI=1S/C12H6Cl2N2OS2/c13-6-3-7(14)5-8(4-6)16-11(17)10-9(1-2-19-10)15-12(16)18/h1-5H,(H,15,18). The summed E-state index contributed by atoms with van der Waals surface area (Å²) in [6, 6.07) is 6.73. The maximum absolute atomic E-state index is 12.4. The first-order chi connectivity index (χ1) is 9.06. The van der Waals surface area contributed by atoms with Crippen molar-refractivity contribution in [2.75, 3.05) is 0 Å². The Morgan fingerprint density at radius 1 is 1.21 bits per heavy atom. The molecule has 1 aromatic carbocycles. The van der Waals surface area contributed by atoms with E-state index >= 15 is 0 Å². The molecular formula is C12H6Cl2N2OS2. The van der Waals surface area contributed by atoms with Gasteiger partial charge in [-0.1, -0.05) is 23.2 Å². The van der Waals surface area contributed by atoms with E-state index in [9.17, 15) is 4.79 Å². The van der Waals surface area contributed by atoms with Gasteiger partial charge in [0.2, 0.25) is 0 Å². The quantitative estimate of drug-likeness (QED) is 0.671. The second-order valence-corrected chi connectivity index (χ2v) is 6.04. The van der Waals surface area contributed by atoms with Crippen LogP contribution in [0.5, 0.6) is 0 Å². The lowest BCUT2D eigenvalue weighted by molar-refractivity contribution is 0.944. The first-order valence-electron chi connectivity index (χ1n) is 5.25.